The summed E-state index contributed by atoms with van der Waals surface area (Å²) in [6.45, 7) is 4.37. The molecule has 0 amide bonds. The molecule has 0 saturated carbocycles. The van der Waals surface area contributed by atoms with E-state index in [1.54, 1.807) is 0 Å². The summed E-state index contributed by atoms with van der Waals surface area (Å²) in [6.07, 6.45) is 2.16. The Morgan fingerprint density at radius 2 is 2.31 bits per heavy atom. The second-order valence-corrected chi connectivity index (χ2v) is 4.63. The standard InChI is InChI=1S/C14H16N2.H2/c1-3-10-4-5-11-8-12-6-9(2)15-14(12)16-13(11)7-10;/h4-5,7-9H,3,6H2,1-2H3,(H,15,16);1H/t9-;/m0./s1. The zero-order valence-corrected chi connectivity index (χ0v) is 9.75. The van der Waals surface area contributed by atoms with E-state index in [0.29, 0.717) is 6.04 Å². The molecular formula is C14H18N2. The summed E-state index contributed by atoms with van der Waals surface area (Å²) < 4.78 is 0. The third-order valence-electron chi connectivity index (χ3n) is 3.28. The SMILES string of the molecule is CCc1ccc2cc3c(nc2c1)N[C@@H](C)C3.[HH]. The van der Waals surface area contributed by atoms with Crippen molar-refractivity contribution in [1.82, 2.24) is 4.98 Å². The second kappa shape index (κ2) is 3.48. The Labute approximate surface area is 97.2 Å². The molecule has 1 atom stereocenters. The minimum absolute atomic E-state index is 0. The summed E-state index contributed by atoms with van der Waals surface area (Å²) in [6, 6.07) is 9.37. The van der Waals surface area contributed by atoms with Crippen LogP contribution in [0.5, 0.6) is 0 Å². The summed E-state index contributed by atoms with van der Waals surface area (Å²) in [7, 11) is 0. The summed E-state index contributed by atoms with van der Waals surface area (Å²) >= 11 is 0. The monoisotopic (exact) mass is 214 g/mol. The van der Waals surface area contributed by atoms with Crippen LogP contribution in [0.1, 0.15) is 26.4 Å². The van der Waals surface area contributed by atoms with Crippen molar-refractivity contribution in [3.8, 4) is 0 Å². The van der Waals surface area contributed by atoms with Gasteiger partial charge in [0.15, 0.2) is 0 Å². The molecule has 0 fully saturated rings. The second-order valence-electron chi connectivity index (χ2n) is 4.63. The third kappa shape index (κ3) is 1.45. The van der Waals surface area contributed by atoms with Gasteiger partial charge in [-0.25, -0.2) is 4.98 Å². The van der Waals surface area contributed by atoms with E-state index >= 15 is 0 Å². The number of nitrogens with zero attached hydrogens (tertiary/aromatic N) is 1. The maximum absolute atomic E-state index is 4.70. The van der Waals surface area contributed by atoms with Crippen LogP contribution in [0.2, 0.25) is 0 Å². The van der Waals surface area contributed by atoms with Crippen molar-refractivity contribution in [1.29, 1.82) is 0 Å². The Balaban J connectivity index is 0.00000108. The molecule has 0 radical (unpaired) electrons. The maximum Gasteiger partial charge on any atom is 0.130 e. The van der Waals surface area contributed by atoms with Gasteiger partial charge >= 0.3 is 0 Å². The fourth-order valence-corrected chi connectivity index (χ4v) is 2.37. The molecule has 3 rings (SSSR count). The predicted octanol–water partition coefficient (Wildman–Crippen LogP) is 3.40. The van der Waals surface area contributed by atoms with Gasteiger partial charge < -0.3 is 5.32 Å². The fraction of sp³-hybridized carbons (Fsp3) is 0.357. The van der Waals surface area contributed by atoms with Crippen LogP contribution in [0.4, 0.5) is 5.82 Å². The molecule has 0 saturated heterocycles. The lowest BCUT2D eigenvalue weighted by molar-refractivity contribution is 0.839. The zero-order valence-electron chi connectivity index (χ0n) is 9.75. The highest BCUT2D eigenvalue weighted by molar-refractivity contribution is 5.83. The van der Waals surface area contributed by atoms with E-state index in [-0.39, 0.29) is 1.43 Å². The van der Waals surface area contributed by atoms with E-state index in [9.17, 15) is 0 Å². The highest BCUT2D eigenvalue weighted by Crippen LogP contribution is 2.27. The van der Waals surface area contributed by atoms with Crippen molar-refractivity contribution in [2.45, 2.75) is 32.7 Å². The van der Waals surface area contributed by atoms with Crippen LogP contribution in [0.25, 0.3) is 10.9 Å². The highest BCUT2D eigenvalue weighted by Gasteiger charge is 2.18. The molecule has 2 heteroatoms. The van der Waals surface area contributed by atoms with E-state index < -0.39 is 0 Å². The Morgan fingerprint density at radius 3 is 3.12 bits per heavy atom. The van der Waals surface area contributed by atoms with E-state index in [0.717, 1.165) is 24.2 Å². The minimum Gasteiger partial charge on any atom is -0.367 e. The van der Waals surface area contributed by atoms with Gasteiger partial charge in [0.2, 0.25) is 0 Å². The van der Waals surface area contributed by atoms with Crippen molar-refractivity contribution < 1.29 is 1.43 Å². The van der Waals surface area contributed by atoms with Crippen LogP contribution < -0.4 is 5.32 Å². The number of aryl methyl sites for hydroxylation is 1. The molecule has 2 aromatic rings. The lowest BCUT2D eigenvalue weighted by Crippen LogP contribution is -2.08. The molecule has 1 aliphatic heterocycles. The van der Waals surface area contributed by atoms with Crippen molar-refractivity contribution >= 4 is 16.7 Å². The molecule has 0 aliphatic carbocycles. The zero-order chi connectivity index (χ0) is 11.1. The molecular weight excluding hydrogens is 196 g/mol. The van der Waals surface area contributed by atoms with E-state index in [1.807, 2.05) is 0 Å². The maximum atomic E-state index is 4.70. The lowest BCUT2D eigenvalue weighted by Gasteiger charge is -2.04. The lowest BCUT2D eigenvalue weighted by atomic mass is 10.1. The Kier molecular flexibility index (Phi) is 2.10. The number of fused-ring (bicyclic) bond motifs is 2. The Bertz CT molecular complexity index is 551. The van der Waals surface area contributed by atoms with Crippen molar-refractivity contribution in [3.05, 3.63) is 35.4 Å². The third-order valence-corrected chi connectivity index (χ3v) is 3.28. The van der Waals surface area contributed by atoms with Gasteiger partial charge in [0.1, 0.15) is 5.82 Å². The first kappa shape index (κ1) is 9.64. The van der Waals surface area contributed by atoms with Crippen LogP contribution in [-0.2, 0) is 12.8 Å². The number of pyridine rings is 1. The number of hydrogen-bond acceptors (Lipinski definition) is 2. The number of anilines is 1. The summed E-state index contributed by atoms with van der Waals surface area (Å²) in [5.41, 5.74) is 3.81. The van der Waals surface area contributed by atoms with Crippen molar-refractivity contribution in [2.24, 2.45) is 0 Å². The topological polar surface area (TPSA) is 24.9 Å². The van der Waals surface area contributed by atoms with E-state index in [2.05, 4.69) is 43.4 Å². The average molecular weight is 214 g/mol. The Morgan fingerprint density at radius 1 is 1.44 bits per heavy atom. The van der Waals surface area contributed by atoms with Gasteiger partial charge in [-0.2, -0.15) is 0 Å². The van der Waals surface area contributed by atoms with Crippen LogP contribution in [0, 0.1) is 0 Å². The quantitative estimate of drug-likeness (QED) is 0.787. The molecule has 1 aromatic carbocycles. The van der Waals surface area contributed by atoms with Crippen molar-refractivity contribution in [2.75, 3.05) is 5.32 Å². The van der Waals surface area contributed by atoms with Gasteiger partial charge in [-0.05, 0) is 43.0 Å². The summed E-state index contributed by atoms with van der Waals surface area (Å²) in [5.74, 6) is 1.08. The number of nitrogens with one attached hydrogen (secondary N) is 1. The first-order chi connectivity index (χ1) is 7.76. The van der Waals surface area contributed by atoms with Gasteiger partial charge in [-0.3, -0.25) is 0 Å². The molecule has 1 aromatic heterocycles. The average Bonchev–Trinajstić information content (AvgIpc) is 2.64. The minimum atomic E-state index is 0. The smallest absolute Gasteiger partial charge is 0.130 e. The van der Waals surface area contributed by atoms with Crippen LogP contribution in [0.3, 0.4) is 0 Å². The summed E-state index contributed by atoms with van der Waals surface area (Å²) in [4.78, 5) is 4.70. The van der Waals surface area contributed by atoms with Gasteiger partial charge in [-0.1, -0.05) is 19.1 Å². The van der Waals surface area contributed by atoms with E-state index in [4.69, 9.17) is 4.98 Å². The first-order valence-corrected chi connectivity index (χ1v) is 5.95. The molecule has 16 heavy (non-hydrogen) atoms. The molecule has 0 unspecified atom stereocenters. The molecule has 0 spiro atoms. The number of aromatic nitrogens is 1. The van der Waals surface area contributed by atoms with Crippen LogP contribution >= 0.6 is 0 Å². The number of rotatable bonds is 1. The van der Waals surface area contributed by atoms with Gasteiger partial charge in [0, 0.05) is 12.9 Å². The van der Waals surface area contributed by atoms with Crippen molar-refractivity contribution in [3.63, 3.8) is 0 Å². The number of benzene rings is 1. The van der Waals surface area contributed by atoms with E-state index in [1.165, 1.54) is 16.5 Å². The molecule has 84 valence electrons. The molecule has 1 aliphatic rings. The predicted molar refractivity (Wildman–Crippen MR) is 70.0 cm³/mol. The van der Waals surface area contributed by atoms with Gasteiger partial charge in [0.25, 0.3) is 0 Å². The molecule has 2 nitrogen and oxygen atoms in total. The van der Waals surface area contributed by atoms with Gasteiger partial charge in [-0.15, -0.1) is 0 Å². The number of hydrogen-bond donors (Lipinski definition) is 1. The fourth-order valence-electron chi connectivity index (χ4n) is 2.37. The summed E-state index contributed by atoms with van der Waals surface area (Å²) in [5, 5.41) is 4.67. The molecule has 0 bridgehead atoms. The van der Waals surface area contributed by atoms with Gasteiger partial charge in [0.05, 0.1) is 5.52 Å². The van der Waals surface area contributed by atoms with Crippen LogP contribution in [0.15, 0.2) is 24.3 Å². The first-order valence-electron chi connectivity index (χ1n) is 5.95. The normalized spacial score (nSPS) is 18.5. The highest BCUT2D eigenvalue weighted by atomic mass is 15.0. The van der Waals surface area contributed by atoms with Crippen LogP contribution in [-0.4, -0.2) is 11.0 Å². The Hall–Kier alpha value is -1.57. The molecule has 1 N–H and O–H groups in total. The largest absolute Gasteiger partial charge is 0.367 e. The molecule has 2 heterocycles.